The molecule has 3 aromatic heterocycles. The highest BCUT2D eigenvalue weighted by atomic mass is 16.3. The van der Waals surface area contributed by atoms with E-state index in [1.165, 1.54) is 11.1 Å². The van der Waals surface area contributed by atoms with Gasteiger partial charge in [-0.3, -0.25) is 0 Å². The number of aromatic nitrogens is 4. The zero-order valence-corrected chi connectivity index (χ0v) is 30.2. The van der Waals surface area contributed by atoms with Crippen LogP contribution < -0.4 is 0 Å². The van der Waals surface area contributed by atoms with Gasteiger partial charge in [0.1, 0.15) is 5.58 Å². The zero-order valence-electron chi connectivity index (χ0n) is 30.2. The van der Waals surface area contributed by atoms with Gasteiger partial charge in [0.05, 0.1) is 11.0 Å². The van der Waals surface area contributed by atoms with Gasteiger partial charge >= 0.3 is 0 Å². The number of hydrogen-bond acceptors (Lipinski definition) is 4. The van der Waals surface area contributed by atoms with Crippen molar-refractivity contribution in [3.8, 4) is 62.1 Å². The Morgan fingerprint density at radius 2 is 0.857 bits per heavy atom. The summed E-state index contributed by atoms with van der Waals surface area (Å²) in [7, 11) is 0. The largest absolute Gasteiger partial charge is 0.454 e. The summed E-state index contributed by atoms with van der Waals surface area (Å²) in [4.78, 5) is 15.1. The molecule has 5 nitrogen and oxygen atoms in total. The van der Waals surface area contributed by atoms with Crippen LogP contribution >= 0.6 is 0 Å². The third-order valence-electron chi connectivity index (χ3n) is 10.6. The van der Waals surface area contributed by atoms with Crippen LogP contribution in [0.4, 0.5) is 0 Å². The number of rotatable bonds is 6. The SMILES string of the molecule is c1ccc(-c2cccc(-c3ccc4c5ccc6c7ccccc7oc6c5n(-c5cccc(-c6nc(-c7ccccc7)nc(-c7ccccc7)n6)c5)c4c3)c2)cc1. The van der Waals surface area contributed by atoms with Gasteiger partial charge in [0.2, 0.25) is 0 Å². The highest BCUT2D eigenvalue weighted by molar-refractivity contribution is 6.21. The predicted octanol–water partition coefficient (Wildman–Crippen LogP) is 13.2. The topological polar surface area (TPSA) is 56.7 Å². The molecule has 5 heteroatoms. The lowest BCUT2D eigenvalue weighted by atomic mass is 9.98. The molecule has 0 radical (unpaired) electrons. The van der Waals surface area contributed by atoms with Crippen LogP contribution in [0.15, 0.2) is 199 Å². The fraction of sp³-hybridized carbons (Fsp3) is 0. The second-order valence-electron chi connectivity index (χ2n) is 14.0. The van der Waals surface area contributed by atoms with Gasteiger partial charge in [-0.2, -0.15) is 0 Å². The lowest BCUT2D eigenvalue weighted by Crippen LogP contribution is -2.01. The minimum Gasteiger partial charge on any atom is -0.454 e. The minimum absolute atomic E-state index is 0.604. The molecule has 0 N–H and O–H groups in total. The third kappa shape index (κ3) is 5.37. The van der Waals surface area contributed by atoms with Gasteiger partial charge in [0, 0.05) is 43.9 Å². The Morgan fingerprint density at radius 1 is 0.339 bits per heavy atom. The van der Waals surface area contributed by atoms with Crippen molar-refractivity contribution < 1.29 is 4.42 Å². The number of nitrogens with zero attached hydrogens (tertiary/aromatic N) is 4. The van der Waals surface area contributed by atoms with Crippen molar-refractivity contribution in [3.63, 3.8) is 0 Å². The Balaban J connectivity index is 1.15. The number of para-hydroxylation sites is 1. The first-order chi connectivity index (χ1) is 27.7. The van der Waals surface area contributed by atoms with Crippen molar-refractivity contribution in [2.45, 2.75) is 0 Å². The molecular formula is C51H32N4O. The summed E-state index contributed by atoms with van der Waals surface area (Å²) in [6, 6.07) is 67.5. The van der Waals surface area contributed by atoms with E-state index in [4.69, 9.17) is 19.4 Å². The molecule has 262 valence electrons. The highest BCUT2D eigenvalue weighted by Crippen LogP contribution is 2.42. The van der Waals surface area contributed by atoms with E-state index in [2.05, 4.69) is 126 Å². The van der Waals surface area contributed by atoms with Crippen molar-refractivity contribution in [2.75, 3.05) is 0 Å². The summed E-state index contributed by atoms with van der Waals surface area (Å²) < 4.78 is 9.08. The highest BCUT2D eigenvalue weighted by Gasteiger charge is 2.21. The lowest BCUT2D eigenvalue weighted by Gasteiger charge is -2.12. The van der Waals surface area contributed by atoms with E-state index in [0.717, 1.165) is 77.2 Å². The summed E-state index contributed by atoms with van der Waals surface area (Å²) in [5.41, 5.74) is 12.2. The Labute approximate surface area is 322 Å². The van der Waals surface area contributed by atoms with Gasteiger partial charge in [0.15, 0.2) is 23.1 Å². The van der Waals surface area contributed by atoms with Crippen LogP contribution in [-0.4, -0.2) is 19.5 Å². The molecule has 0 atom stereocenters. The molecule has 0 aliphatic heterocycles. The molecule has 0 amide bonds. The molecule has 0 aliphatic rings. The molecular weight excluding hydrogens is 685 g/mol. The second-order valence-corrected chi connectivity index (χ2v) is 14.0. The molecule has 0 unspecified atom stereocenters. The Morgan fingerprint density at radius 3 is 1.57 bits per heavy atom. The quantitative estimate of drug-likeness (QED) is 0.172. The van der Waals surface area contributed by atoms with Crippen LogP contribution in [0.1, 0.15) is 0 Å². The average molecular weight is 717 g/mol. The van der Waals surface area contributed by atoms with Gasteiger partial charge in [-0.1, -0.05) is 158 Å². The Kier molecular flexibility index (Phi) is 7.42. The second kappa shape index (κ2) is 13.0. The van der Waals surface area contributed by atoms with E-state index in [0.29, 0.717) is 17.5 Å². The van der Waals surface area contributed by atoms with Gasteiger partial charge in [-0.15, -0.1) is 0 Å². The van der Waals surface area contributed by atoms with E-state index >= 15 is 0 Å². The maximum Gasteiger partial charge on any atom is 0.164 e. The maximum absolute atomic E-state index is 6.73. The normalized spacial score (nSPS) is 11.6. The van der Waals surface area contributed by atoms with Gasteiger partial charge in [-0.25, -0.2) is 15.0 Å². The first-order valence-electron chi connectivity index (χ1n) is 18.8. The monoisotopic (exact) mass is 716 g/mol. The van der Waals surface area contributed by atoms with Crippen molar-refractivity contribution in [1.82, 2.24) is 19.5 Å². The van der Waals surface area contributed by atoms with E-state index in [1.54, 1.807) is 0 Å². The molecule has 3 heterocycles. The first kappa shape index (κ1) is 31.9. The standard InChI is InChI=1S/C51H32N4O/c1-4-14-33(15-5-1)36-20-12-21-37(30-36)38-26-27-41-43-28-29-44-42-24-10-11-25-46(42)56-48(44)47(43)55(45(41)32-38)40-23-13-22-39(31-40)51-53-49(34-16-6-2-7-17-34)52-50(54-51)35-18-8-3-9-19-35/h1-32H. The van der Waals surface area contributed by atoms with Crippen molar-refractivity contribution in [1.29, 1.82) is 0 Å². The maximum atomic E-state index is 6.73. The number of furan rings is 1. The first-order valence-corrected chi connectivity index (χ1v) is 18.8. The van der Waals surface area contributed by atoms with Crippen LogP contribution in [0.3, 0.4) is 0 Å². The summed E-state index contributed by atoms with van der Waals surface area (Å²) >= 11 is 0. The molecule has 8 aromatic carbocycles. The van der Waals surface area contributed by atoms with Crippen molar-refractivity contribution in [2.24, 2.45) is 0 Å². The number of benzene rings is 8. The fourth-order valence-corrected chi connectivity index (χ4v) is 7.96. The number of hydrogen-bond donors (Lipinski definition) is 0. The molecule has 0 aliphatic carbocycles. The van der Waals surface area contributed by atoms with Crippen molar-refractivity contribution >= 4 is 43.7 Å². The summed E-state index contributed by atoms with van der Waals surface area (Å²) in [5, 5.41) is 4.45. The van der Waals surface area contributed by atoms with Gasteiger partial charge in [0.25, 0.3) is 0 Å². The molecule has 0 spiro atoms. The van der Waals surface area contributed by atoms with E-state index < -0.39 is 0 Å². The molecule has 11 aromatic rings. The van der Waals surface area contributed by atoms with E-state index in [-0.39, 0.29) is 0 Å². The van der Waals surface area contributed by atoms with Crippen LogP contribution in [0.2, 0.25) is 0 Å². The summed E-state index contributed by atoms with van der Waals surface area (Å²) in [6.07, 6.45) is 0. The van der Waals surface area contributed by atoms with E-state index in [1.807, 2.05) is 72.8 Å². The molecule has 11 rings (SSSR count). The van der Waals surface area contributed by atoms with Crippen LogP contribution in [0.25, 0.3) is 106 Å². The van der Waals surface area contributed by atoms with Crippen LogP contribution in [0.5, 0.6) is 0 Å². The molecule has 0 bridgehead atoms. The van der Waals surface area contributed by atoms with Crippen LogP contribution in [0, 0.1) is 0 Å². The Hall–Kier alpha value is -7.63. The Bertz CT molecular complexity index is 3180. The van der Waals surface area contributed by atoms with Crippen molar-refractivity contribution in [3.05, 3.63) is 194 Å². The molecule has 0 fully saturated rings. The third-order valence-corrected chi connectivity index (χ3v) is 10.6. The van der Waals surface area contributed by atoms with Crippen LogP contribution in [-0.2, 0) is 0 Å². The minimum atomic E-state index is 0.604. The smallest absolute Gasteiger partial charge is 0.164 e. The molecule has 56 heavy (non-hydrogen) atoms. The molecule has 0 saturated heterocycles. The lowest BCUT2D eigenvalue weighted by molar-refractivity contribution is 0.671. The van der Waals surface area contributed by atoms with E-state index in [9.17, 15) is 0 Å². The summed E-state index contributed by atoms with van der Waals surface area (Å²) in [5.74, 6) is 1.86. The predicted molar refractivity (Wildman–Crippen MR) is 229 cm³/mol. The fourth-order valence-electron chi connectivity index (χ4n) is 7.96. The summed E-state index contributed by atoms with van der Waals surface area (Å²) in [6.45, 7) is 0. The van der Waals surface area contributed by atoms with Gasteiger partial charge < -0.3 is 8.98 Å². The zero-order chi connectivity index (χ0) is 37.0. The van der Waals surface area contributed by atoms with Gasteiger partial charge in [-0.05, 0) is 58.7 Å². The molecule has 0 saturated carbocycles. The average Bonchev–Trinajstić information content (AvgIpc) is 3.83. The number of fused-ring (bicyclic) bond motifs is 7.